The fraction of sp³-hybridized carbons (Fsp3) is 0.292. The lowest BCUT2D eigenvalue weighted by atomic mass is 10.2. The highest BCUT2D eigenvalue weighted by molar-refractivity contribution is 7.89. The summed E-state index contributed by atoms with van der Waals surface area (Å²) in [5, 5.41) is 2.04. The second kappa shape index (κ2) is 9.85. The van der Waals surface area contributed by atoms with Crippen molar-refractivity contribution in [1.82, 2.24) is 8.87 Å². The maximum Gasteiger partial charge on any atom is 0.243 e. The Labute approximate surface area is 193 Å². The van der Waals surface area contributed by atoms with E-state index in [1.807, 2.05) is 54.8 Å². The van der Waals surface area contributed by atoms with E-state index in [9.17, 15) is 8.42 Å². The molecule has 2 aromatic carbocycles. The molecular formula is C24H27N3O3S2. The van der Waals surface area contributed by atoms with Gasteiger partial charge in [-0.15, -0.1) is 17.9 Å². The molecule has 1 fully saturated rings. The third-order valence-corrected chi connectivity index (χ3v) is 8.11. The molecule has 168 valence electrons. The van der Waals surface area contributed by atoms with Gasteiger partial charge in [0.2, 0.25) is 10.0 Å². The number of allylic oxidation sites excluding steroid dienone is 1. The highest BCUT2D eigenvalue weighted by atomic mass is 32.2. The normalized spacial score (nSPS) is 15.2. The lowest BCUT2D eigenvalue weighted by Crippen LogP contribution is -2.27. The predicted molar refractivity (Wildman–Crippen MR) is 129 cm³/mol. The highest BCUT2D eigenvalue weighted by Gasteiger charge is 2.27. The van der Waals surface area contributed by atoms with Crippen LogP contribution in [0.5, 0.6) is 5.75 Å². The van der Waals surface area contributed by atoms with Crippen molar-refractivity contribution in [2.75, 3.05) is 19.7 Å². The number of benzene rings is 2. The van der Waals surface area contributed by atoms with E-state index in [1.54, 1.807) is 27.8 Å². The van der Waals surface area contributed by atoms with Crippen LogP contribution in [0, 0.1) is 0 Å². The molecule has 0 aliphatic carbocycles. The van der Waals surface area contributed by atoms with E-state index in [0.29, 0.717) is 31.1 Å². The molecule has 0 spiro atoms. The zero-order valence-electron chi connectivity index (χ0n) is 18.1. The van der Waals surface area contributed by atoms with Crippen molar-refractivity contribution < 1.29 is 13.2 Å². The number of ether oxygens (including phenoxy) is 1. The first-order valence-electron chi connectivity index (χ1n) is 10.7. The average Bonchev–Trinajstić information content (AvgIpc) is 3.47. The molecular weight excluding hydrogens is 442 g/mol. The molecule has 0 atom stereocenters. The van der Waals surface area contributed by atoms with Gasteiger partial charge in [-0.25, -0.2) is 13.4 Å². The molecule has 1 saturated heterocycles. The first-order chi connectivity index (χ1) is 15.5. The third-order valence-electron chi connectivity index (χ3n) is 5.33. The fourth-order valence-electron chi connectivity index (χ4n) is 3.72. The first kappa shape index (κ1) is 22.5. The molecule has 1 aromatic heterocycles. The van der Waals surface area contributed by atoms with Crippen LogP contribution in [0.3, 0.4) is 0 Å². The SMILES string of the molecule is C=CCn1c(-c2ccc(S(=O)(=O)N3CCCC3)cc2)csc1=Nc1ccc(OCC)cc1. The summed E-state index contributed by atoms with van der Waals surface area (Å²) in [5.74, 6) is 0.821. The summed E-state index contributed by atoms with van der Waals surface area (Å²) in [6, 6.07) is 14.8. The van der Waals surface area contributed by atoms with E-state index in [2.05, 4.69) is 11.1 Å². The van der Waals surface area contributed by atoms with Crippen molar-refractivity contribution in [2.24, 2.45) is 4.99 Å². The number of hydrogen-bond acceptors (Lipinski definition) is 5. The van der Waals surface area contributed by atoms with Gasteiger partial charge in [0.05, 0.1) is 22.9 Å². The Morgan fingerprint density at radius 2 is 1.78 bits per heavy atom. The Hall–Kier alpha value is -2.68. The Morgan fingerprint density at radius 3 is 2.41 bits per heavy atom. The standard InChI is InChI=1S/C24H27N3O3S2/c1-3-15-27-23(18-31-24(27)25-20-9-11-21(12-10-20)30-4-2)19-7-13-22(14-8-19)32(28,29)26-16-5-6-17-26/h3,7-14,18H,1,4-6,15-17H2,2H3. The Balaban J connectivity index is 1.65. The van der Waals surface area contributed by atoms with Crippen molar-refractivity contribution in [1.29, 1.82) is 0 Å². The van der Waals surface area contributed by atoms with Crippen LogP contribution in [0.25, 0.3) is 11.3 Å². The Bertz CT molecular complexity index is 1230. The summed E-state index contributed by atoms with van der Waals surface area (Å²) >= 11 is 1.54. The average molecular weight is 470 g/mol. The van der Waals surface area contributed by atoms with Gasteiger partial charge in [-0.3, -0.25) is 0 Å². The molecule has 0 unspecified atom stereocenters. The van der Waals surface area contributed by atoms with Crippen LogP contribution < -0.4 is 9.54 Å². The van der Waals surface area contributed by atoms with Gasteiger partial charge in [-0.2, -0.15) is 4.31 Å². The minimum Gasteiger partial charge on any atom is -0.494 e. The van der Waals surface area contributed by atoms with Crippen LogP contribution in [-0.4, -0.2) is 37.0 Å². The van der Waals surface area contributed by atoms with Gasteiger partial charge in [-0.05, 0) is 61.7 Å². The lowest BCUT2D eigenvalue weighted by molar-refractivity contribution is 0.340. The van der Waals surface area contributed by atoms with Gasteiger partial charge in [0.25, 0.3) is 0 Å². The minimum absolute atomic E-state index is 0.341. The molecule has 0 saturated carbocycles. The molecule has 3 aromatic rings. The largest absolute Gasteiger partial charge is 0.494 e. The monoisotopic (exact) mass is 469 g/mol. The molecule has 1 aliphatic rings. The summed E-state index contributed by atoms with van der Waals surface area (Å²) in [6.07, 6.45) is 3.68. The van der Waals surface area contributed by atoms with E-state index in [-0.39, 0.29) is 0 Å². The third kappa shape index (κ3) is 4.72. The number of nitrogens with zero attached hydrogens (tertiary/aromatic N) is 3. The second-order valence-electron chi connectivity index (χ2n) is 7.48. The summed E-state index contributed by atoms with van der Waals surface area (Å²) in [6.45, 7) is 8.27. The second-order valence-corrected chi connectivity index (χ2v) is 10.3. The Kier molecular flexibility index (Phi) is 6.93. The van der Waals surface area contributed by atoms with Crippen molar-refractivity contribution >= 4 is 27.0 Å². The van der Waals surface area contributed by atoms with Crippen LogP contribution >= 0.6 is 11.3 Å². The molecule has 0 N–H and O–H groups in total. The number of thiazole rings is 1. The summed E-state index contributed by atoms with van der Waals surface area (Å²) in [5.41, 5.74) is 2.76. The quantitative estimate of drug-likeness (QED) is 0.445. The summed E-state index contributed by atoms with van der Waals surface area (Å²) in [4.78, 5) is 5.98. The number of rotatable bonds is 8. The summed E-state index contributed by atoms with van der Waals surface area (Å²) in [7, 11) is -3.42. The van der Waals surface area contributed by atoms with Crippen molar-refractivity contribution in [3.63, 3.8) is 0 Å². The van der Waals surface area contributed by atoms with Crippen LogP contribution in [-0.2, 0) is 16.6 Å². The van der Waals surface area contributed by atoms with Gasteiger partial charge in [0.1, 0.15) is 5.75 Å². The van der Waals surface area contributed by atoms with E-state index in [0.717, 1.165) is 40.3 Å². The van der Waals surface area contributed by atoms with Crippen LogP contribution in [0.2, 0.25) is 0 Å². The van der Waals surface area contributed by atoms with Gasteiger partial charge in [-0.1, -0.05) is 18.2 Å². The minimum atomic E-state index is -3.42. The summed E-state index contributed by atoms with van der Waals surface area (Å²) < 4.78 is 34.8. The molecule has 0 bridgehead atoms. The fourth-order valence-corrected chi connectivity index (χ4v) is 6.18. The maximum absolute atomic E-state index is 12.8. The zero-order valence-corrected chi connectivity index (χ0v) is 19.7. The van der Waals surface area contributed by atoms with Crippen molar-refractivity contribution in [2.45, 2.75) is 31.2 Å². The zero-order chi connectivity index (χ0) is 22.6. The molecule has 0 radical (unpaired) electrons. The van der Waals surface area contributed by atoms with Crippen LogP contribution in [0.1, 0.15) is 19.8 Å². The number of hydrogen-bond donors (Lipinski definition) is 0. The van der Waals surface area contributed by atoms with Gasteiger partial charge >= 0.3 is 0 Å². The maximum atomic E-state index is 12.8. The van der Waals surface area contributed by atoms with Gasteiger partial charge in [0.15, 0.2) is 4.80 Å². The smallest absolute Gasteiger partial charge is 0.243 e. The molecule has 2 heterocycles. The van der Waals surface area contributed by atoms with Crippen LogP contribution in [0.4, 0.5) is 5.69 Å². The van der Waals surface area contributed by atoms with E-state index in [4.69, 9.17) is 9.73 Å². The van der Waals surface area contributed by atoms with Gasteiger partial charge in [0, 0.05) is 25.0 Å². The molecule has 1 aliphatic heterocycles. The number of aromatic nitrogens is 1. The predicted octanol–water partition coefficient (Wildman–Crippen LogP) is 4.82. The van der Waals surface area contributed by atoms with E-state index < -0.39 is 10.0 Å². The number of sulfonamides is 1. The van der Waals surface area contributed by atoms with Gasteiger partial charge < -0.3 is 9.30 Å². The molecule has 32 heavy (non-hydrogen) atoms. The van der Waals surface area contributed by atoms with E-state index >= 15 is 0 Å². The van der Waals surface area contributed by atoms with Crippen molar-refractivity contribution in [3.8, 4) is 17.0 Å². The molecule has 8 heteroatoms. The highest BCUT2D eigenvalue weighted by Crippen LogP contribution is 2.26. The molecule has 6 nitrogen and oxygen atoms in total. The lowest BCUT2D eigenvalue weighted by Gasteiger charge is -2.15. The van der Waals surface area contributed by atoms with Crippen molar-refractivity contribution in [3.05, 3.63) is 71.4 Å². The van der Waals surface area contributed by atoms with Crippen LogP contribution in [0.15, 0.2) is 76.5 Å². The Morgan fingerprint density at radius 1 is 1.09 bits per heavy atom. The molecule has 0 amide bonds. The van der Waals surface area contributed by atoms with E-state index in [1.165, 1.54) is 0 Å². The topological polar surface area (TPSA) is 63.9 Å². The molecule has 4 rings (SSSR count). The first-order valence-corrected chi connectivity index (χ1v) is 13.0.